The van der Waals surface area contributed by atoms with E-state index in [4.69, 9.17) is 4.74 Å². The molecule has 0 aromatic heterocycles. The van der Waals surface area contributed by atoms with Gasteiger partial charge in [-0.1, -0.05) is 15.9 Å². The molecule has 1 fully saturated rings. The van der Waals surface area contributed by atoms with Gasteiger partial charge < -0.3 is 20.7 Å². The van der Waals surface area contributed by atoms with Gasteiger partial charge in [-0.15, -0.1) is 24.0 Å². The molecule has 9 heteroatoms. The molecular weight excluding hydrogens is 525 g/mol. The zero-order valence-corrected chi connectivity index (χ0v) is 19.8. The van der Waals surface area contributed by atoms with E-state index >= 15 is 0 Å². The van der Waals surface area contributed by atoms with E-state index in [2.05, 4.69) is 41.8 Å². The molecule has 0 saturated carbocycles. The minimum Gasteiger partial charge on any atom is -0.379 e. The van der Waals surface area contributed by atoms with Crippen LogP contribution in [0.1, 0.15) is 12.0 Å². The molecule has 7 nitrogen and oxygen atoms in total. The summed E-state index contributed by atoms with van der Waals surface area (Å²) in [7, 11) is 1.73. The number of nitrogens with zero attached hydrogens (tertiary/aromatic N) is 2. The summed E-state index contributed by atoms with van der Waals surface area (Å²) in [5, 5.41) is 9.39. The standard InChI is InChI=1S/C18H28BrN5O2.HI/c1-14-13-15(19)3-4-16(14)23-17(25)5-6-21-18(20-2)22-7-8-24-9-11-26-12-10-24;/h3-4,13H,5-12H2,1-2H3,(H,23,25)(H2,20,21,22);1H. The number of amides is 1. The van der Waals surface area contributed by atoms with Gasteiger partial charge in [0, 0.05) is 56.4 Å². The second kappa shape index (κ2) is 13.3. The van der Waals surface area contributed by atoms with Crippen LogP contribution >= 0.6 is 39.9 Å². The Morgan fingerprint density at radius 1 is 1.26 bits per heavy atom. The first kappa shape index (κ1) is 24.1. The minimum atomic E-state index is -0.0216. The summed E-state index contributed by atoms with van der Waals surface area (Å²) in [6.07, 6.45) is 0.375. The molecule has 27 heavy (non-hydrogen) atoms. The Kier molecular flexibility index (Phi) is 11.9. The summed E-state index contributed by atoms with van der Waals surface area (Å²) in [5.41, 5.74) is 1.87. The Morgan fingerprint density at radius 2 is 1.96 bits per heavy atom. The maximum atomic E-state index is 12.1. The molecule has 0 unspecified atom stereocenters. The van der Waals surface area contributed by atoms with Gasteiger partial charge in [0.25, 0.3) is 0 Å². The highest BCUT2D eigenvalue weighted by Gasteiger charge is 2.10. The number of carbonyl (C=O) groups is 1. The van der Waals surface area contributed by atoms with E-state index in [0.717, 1.165) is 55.1 Å². The summed E-state index contributed by atoms with van der Waals surface area (Å²) in [6, 6.07) is 5.80. The number of anilines is 1. The highest BCUT2D eigenvalue weighted by atomic mass is 127. The Bertz CT molecular complexity index is 624. The van der Waals surface area contributed by atoms with Crippen molar-refractivity contribution in [2.45, 2.75) is 13.3 Å². The number of hydrogen-bond donors (Lipinski definition) is 3. The van der Waals surface area contributed by atoms with Gasteiger partial charge in [-0.2, -0.15) is 0 Å². The van der Waals surface area contributed by atoms with Crippen LogP contribution in [0.4, 0.5) is 5.69 Å². The molecule has 1 amide bonds. The van der Waals surface area contributed by atoms with Crippen molar-refractivity contribution in [3.05, 3.63) is 28.2 Å². The zero-order valence-electron chi connectivity index (χ0n) is 15.9. The van der Waals surface area contributed by atoms with Crippen molar-refractivity contribution in [2.75, 3.05) is 58.3 Å². The number of morpholine rings is 1. The highest BCUT2D eigenvalue weighted by molar-refractivity contribution is 14.0. The van der Waals surface area contributed by atoms with Crippen LogP contribution in [0.3, 0.4) is 0 Å². The number of aryl methyl sites for hydroxylation is 1. The lowest BCUT2D eigenvalue weighted by molar-refractivity contribution is -0.116. The van der Waals surface area contributed by atoms with Crippen LogP contribution in [-0.4, -0.2) is 69.8 Å². The number of benzene rings is 1. The Hall–Kier alpha value is -0.910. The fourth-order valence-corrected chi connectivity index (χ4v) is 3.13. The molecule has 3 N–H and O–H groups in total. The van der Waals surface area contributed by atoms with Gasteiger partial charge in [0.05, 0.1) is 13.2 Å². The van der Waals surface area contributed by atoms with Crippen LogP contribution in [0, 0.1) is 6.92 Å². The summed E-state index contributed by atoms with van der Waals surface area (Å²) in [4.78, 5) is 18.6. The van der Waals surface area contributed by atoms with Gasteiger partial charge in [-0.25, -0.2) is 0 Å². The number of hydrogen-bond acceptors (Lipinski definition) is 4. The molecule has 1 heterocycles. The maximum absolute atomic E-state index is 12.1. The zero-order chi connectivity index (χ0) is 18.8. The quantitative estimate of drug-likeness (QED) is 0.274. The van der Waals surface area contributed by atoms with Gasteiger partial charge in [0.2, 0.25) is 5.91 Å². The molecule has 1 aliphatic heterocycles. The van der Waals surface area contributed by atoms with Crippen molar-refractivity contribution in [2.24, 2.45) is 4.99 Å². The van der Waals surface area contributed by atoms with E-state index in [9.17, 15) is 4.79 Å². The molecular formula is C18H29BrIN5O2. The topological polar surface area (TPSA) is 78.0 Å². The first-order valence-corrected chi connectivity index (χ1v) is 9.68. The summed E-state index contributed by atoms with van der Waals surface area (Å²) < 4.78 is 6.34. The number of guanidine groups is 1. The van der Waals surface area contributed by atoms with E-state index in [1.165, 1.54) is 0 Å². The number of ether oxygens (including phenoxy) is 1. The van der Waals surface area contributed by atoms with Crippen LogP contribution in [0.15, 0.2) is 27.7 Å². The fourth-order valence-electron chi connectivity index (χ4n) is 2.65. The van der Waals surface area contributed by atoms with Crippen LogP contribution in [0.25, 0.3) is 0 Å². The van der Waals surface area contributed by atoms with Crippen molar-refractivity contribution in [1.29, 1.82) is 0 Å². The maximum Gasteiger partial charge on any atom is 0.226 e. The lowest BCUT2D eigenvalue weighted by Gasteiger charge is -2.26. The monoisotopic (exact) mass is 553 g/mol. The molecule has 1 aromatic rings. The molecule has 0 aliphatic carbocycles. The SMILES string of the molecule is CN=C(NCCC(=O)Nc1ccc(Br)cc1C)NCCN1CCOCC1.I. The summed E-state index contributed by atoms with van der Waals surface area (Å²) in [5.74, 6) is 0.692. The number of nitrogens with one attached hydrogen (secondary N) is 3. The van der Waals surface area contributed by atoms with Gasteiger partial charge in [-0.05, 0) is 30.7 Å². The number of aliphatic imine (C=N–C) groups is 1. The molecule has 1 saturated heterocycles. The first-order chi connectivity index (χ1) is 12.6. The lowest BCUT2D eigenvalue weighted by Crippen LogP contribution is -2.44. The van der Waals surface area contributed by atoms with E-state index < -0.39 is 0 Å². The van der Waals surface area contributed by atoms with Gasteiger partial charge in [0.1, 0.15) is 0 Å². The molecule has 152 valence electrons. The number of carbonyl (C=O) groups excluding carboxylic acids is 1. The van der Waals surface area contributed by atoms with E-state index in [0.29, 0.717) is 18.9 Å². The molecule has 0 atom stereocenters. The number of rotatable bonds is 7. The molecule has 2 rings (SSSR count). The number of halogens is 2. The van der Waals surface area contributed by atoms with E-state index in [1.807, 2.05) is 25.1 Å². The Morgan fingerprint density at radius 3 is 2.63 bits per heavy atom. The van der Waals surface area contributed by atoms with Gasteiger partial charge >= 0.3 is 0 Å². The van der Waals surface area contributed by atoms with Crippen LogP contribution in [0.2, 0.25) is 0 Å². The first-order valence-electron chi connectivity index (χ1n) is 8.89. The van der Waals surface area contributed by atoms with E-state index in [-0.39, 0.29) is 29.9 Å². The smallest absolute Gasteiger partial charge is 0.226 e. The predicted molar refractivity (Wildman–Crippen MR) is 124 cm³/mol. The van der Waals surface area contributed by atoms with Crippen molar-refractivity contribution in [3.8, 4) is 0 Å². The molecule has 1 aromatic carbocycles. The van der Waals surface area contributed by atoms with Crippen LogP contribution in [0.5, 0.6) is 0 Å². The van der Waals surface area contributed by atoms with Crippen molar-refractivity contribution in [1.82, 2.24) is 15.5 Å². The van der Waals surface area contributed by atoms with Crippen molar-refractivity contribution in [3.63, 3.8) is 0 Å². The van der Waals surface area contributed by atoms with Gasteiger partial charge in [0.15, 0.2) is 5.96 Å². The largest absolute Gasteiger partial charge is 0.379 e. The lowest BCUT2D eigenvalue weighted by atomic mass is 10.2. The Balaban J connectivity index is 0.00000364. The average Bonchev–Trinajstić information content (AvgIpc) is 2.63. The fraction of sp³-hybridized carbons (Fsp3) is 0.556. The molecule has 1 aliphatic rings. The average molecular weight is 554 g/mol. The third-order valence-electron chi connectivity index (χ3n) is 4.15. The molecule has 0 spiro atoms. The normalized spacial score (nSPS) is 15.0. The second-order valence-electron chi connectivity index (χ2n) is 6.14. The van der Waals surface area contributed by atoms with Crippen molar-refractivity contribution >= 4 is 57.5 Å². The summed E-state index contributed by atoms with van der Waals surface area (Å²) >= 11 is 3.42. The van der Waals surface area contributed by atoms with Crippen LogP contribution in [-0.2, 0) is 9.53 Å². The minimum absolute atomic E-state index is 0. The third-order valence-corrected chi connectivity index (χ3v) is 4.65. The van der Waals surface area contributed by atoms with E-state index in [1.54, 1.807) is 7.05 Å². The predicted octanol–water partition coefficient (Wildman–Crippen LogP) is 2.20. The van der Waals surface area contributed by atoms with Crippen molar-refractivity contribution < 1.29 is 9.53 Å². The highest BCUT2D eigenvalue weighted by Crippen LogP contribution is 2.19. The summed E-state index contributed by atoms with van der Waals surface area (Å²) in [6.45, 7) is 7.82. The van der Waals surface area contributed by atoms with Gasteiger partial charge in [-0.3, -0.25) is 14.7 Å². The third kappa shape index (κ3) is 9.22. The second-order valence-corrected chi connectivity index (χ2v) is 7.05. The molecule has 0 bridgehead atoms. The van der Waals surface area contributed by atoms with Crippen LogP contribution < -0.4 is 16.0 Å². The molecule has 0 radical (unpaired) electrons. The Labute approximate surface area is 186 Å².